The highest BCUT2D eigenvalue weighted by Gasteiger charge is 2.27. The molecule has 58 valence electrons. The molecule has 3 heteroatoms. The summed E-state index contributed by atoms with van der Waals surface area (Å²) in [7, 11) is 1.84. The van der Waals surface area contributed by atoms with E-state index in [-0.39, 0.29) is 11.4 Å². The minimum absolute atomic E-state index is 0.0860. The van der Waals surface area contributed by atoms with E-state index in [1.54, 1.807) is 4.90 Å². The SMILES string of the molecule is CN1CC(C)(C)NCC1=O. The van der Waals surface area contributed by atoms with Crippen molar-refractivity contribution in [3.8, 4) is 0 Å². The van der Waals surface area contributed by atoms with Crippen LogP contribution in [0.4, 0.5) is 0 Å². The second-order valence-corrected chi connectivity index (χ2v) is 3.49. The van der Waals surface area contributed by atoms with E-state index in [1.165, 1.54) is 0 Å². The van der Waals surface area contributed by atoms with Gasteiger partial charge >= 0.3 is 0 Å². The number of hydrogen-bond donors (Lipinski definition) is 1. The first kappa shape index (κ1) is 7.54. The van der Waals surface area contributed by atoms with Gasteiger partial charge in [-0.3, -0.25) is 4.79 Å². The lowest BCUT2D eigenvalue weighted by atomic mass is 10.0. The van der Waals surface area contributed by atoms with Crippen molar-refractivity contribution in [2.24, 2.45) is 0 Å². The minimum atomic E-state index is 0.0860. The summed E-state index contributed by atoms with van der Waals surface area (Å²) in [5.74, 6) is 0.180. The molecule has 0 aromatic heterocycles. The molecule has 1 aliphatic heterocycles. The predicted octanol–water partition coefficient (Wildman–Crippen LogP) is -0.173. The van der Waals surface area contributed by atoms with Crippen LogP contribution in [0.15, 0.2) is 0 Å². The van der Waals surface area contributed by atoms with Gasteiger partial charge in [-0.1, -0.05) is 0 Å². The zero-order chi connectivity index (χ0) is 7.78. The fourth-order valence-corrected chi connectivity index (χ4v) is 1.19. The zero-order valence-electron chi connectivity index (χ0n) is 6.77. The van der Waals surface area contributed by atoms with Crippen molar-refractivity contribution in [2.45, 2.75) is 19.4 Å². The van der Waals surface area contributed by atoms with Crippen LogP contribution in [0.25, 0.3) is 0 Å². The highest BCUT2D eigenvalue weighted by molar-refractivity contribution is 5.79. The third-order valence-corrected chi connectivity index (χ3v) is 1.78. The molecule has 1 rings (SSSR count). The Hall–Kier alpha value is -0.570. The second-order valence-electron chi connectivity index (χ2n) is 3.49. The van der Waals surface area contributed by atoms with Gasteiger partial charge in [-0.05, 0) is 13.8 Å². The molecule has 0 aromatic rings. The van der Waals surface area contributed by atoms with Crippen molar-refractivity contribution >= 4 is 5.91 Å². The quantitative estimate of drug-likeness (QED) is 0.509. The lowest BCUT2D eigenvalue weighted by Gasteiger charge is -2.36. The monoisotopic (exact) mass is 142 g/mol. The second kappa shape index (κ2) is 2.23. The van der Waals surface area contributed by atoms with Crippen LogP contribution in [0.3, 0.4) is 0 Å². The largest absolute Gasteiger partial charge is 0.343 e. The van der Waals surface area contributed by atoms with Crippen molar-refractivity contribution in [1.29, 1.82) is 0 Å². The summed E-state index contributed by atoms with van der Waals surface area (Å²) in [6.07, 6.45) is 0. The summed E-state index contributed by atoms with van der Waals surface area (Å²) in [4.78, 5) is 12.7. The molecule has 0 aromatic carbocycles. The molecule has 0 saturated carbocycles. The Kier molecular flexibility index (Phi) is 1.68. The average molecular weight is 142 g/mol. The van der Waals surface area contributed by atoms with Crippen LogP contribution in [0.5, 0.6) is 0 Å². The van der Waals surface area contributed by atoms with Crippen molar-refractivity contribution in [3.63, 3.8) is 0 Å². The molecule has 1 aliphatic rings. The van der Waals surface area contributed by atoms with E-state index in [2.05, 4.69) is 19.2 Å². The molecule has 0 aliphatic carbocycles. The average Bonchev–Trinajstić information content (AvgIpc) is 1.79. The number of piperazine rings is 1. The molecule has 3 nitrogen and oxygen atoms in total. The summed E-state index contributed by atoms with van der Waals surface area (Å²) in [5.41, 5.74) is 0.0860. The number of hydrogen-bond acceptors (Lipinski definition) is 2. The van der Waals surface area contributed by atoms with Crippen LogP contribution in [-0.4, -0.2) is 36.5 Å². The van der Waals surface area contributed by atoms with Gasteiger partial charge < -0.3 is 10.2 Å². The maximum absolute atomic E-state index is 10.9. The summed E-state index contributed by atoms with van der Waals surface area (Å²) in [6, 6.07) is 0. The highest BCUT2D eigenvalue weighted by Crippen LogP contribution is 2.08. The molecule has 0 unspecified atom stereocenters. The first-order chi connectivity index (χ1) is 4.51. The van der Waals surface area contributed by atoms with Crippen LogP contribution in [0.2, 0.25) is 0 Å². The van der Waals surface area contributed by atoms with Crippen molar-refractivity contribution < 1.29 is 4.79 Å². The van der Waals surface area contributed by atoms with Gasteiger partial charge in [-0.15, -0.1) is 0 Å². The summed E-state index contributed by atoms with van der Waals surface area (Å²) in [6.45, 7) is 5.46. The van der Waals surface area contributed by atoms with Crippen molar-refractivity contribution in [2.75, 3.05) is 20.1 Å². The van der Waals surface area contributed by atoms with Gasteiger partial charge in [0, 0.05) is 19.1 Å². The fraction of sp³-hybridized carbons (Fsp3) is 0.857. The number of likely N-dealkylation sites (N-methyl/N-ethyl adjacent to an activating group) is 1. The van der Waals surface area contributed by atoms with Gasteiger partial charge in [0.2, 0.25) is 5.91 Å². The van der Waals surface area contributed by atoms with Crippen LogP contribution >= 0.6 is 0 Å². The molecule has 10 heavy (non-hydrogen) atoms. The molecule has 1 N–H and O–H groups in total. The van der Waals surface area contributed by atoms with E-state index in [0.29, 0.717) is 6.54 Å². The maximum atomic E-state index is 10.9. The van der Waals surface area contributed by atoms with Crippen molar-refractivity contribution in [3.05, 3.63) is 0 Å². The standard InChI is InChI=1S/C7H14N2O/c1-7(2)5-9(3)6(10)4-8-7/h8H,4-5H2,1-3H3. The smallest absolute Gasteiger partial charge is 0.236 e. The Morgan fingerprint density at radius 3 is 2.60 bits per heavy atom. The first-order valence-electron chi connectivity index (χ1n) is 3.50. The van der Waals surface area contributed by atoms with Crippen LogP contribution in [-0.2, 0) is 4.79 Å². The first-order valence-corrected chi connectivity index (χ1v) is 3.50. The van der Waals surface area contributed by atoms with Gasteiger partial charge in [0.05, 0.1) is 6.54 Å². The Morgan fingerprint density at radius 1 is 1.60 bits per heavy atom. The molecule has 1 fully saturated rings. The molecular weight excluding hydrogens is 128 g/mol. The molecule has 0 radical (unpaired) electrons. The topological polar surface area (TPSA) is 32.3 Å². The third-order valence-electron chi connectivity index (χ3n) is 1.78. The molecule has 0 atom stereocenters. The number of nitrogens with one attached hydrogen (secondary N) is 1. The van der Waals surface area contributed by atoms with E-state index in [1.807, 2.05) is 7.05 Å². The number of carbonyl (C=O) groups excluding carboxylic acids is 1. The number of nitrogens with zero attached hydrogens (tertiary/aromatic N) is 1. The van der Waals surface area contributed by atoms with Gasteiger partial charge in [-0.2, -0.15) is 0 Å². The number of rotatable bonds is 0. The Bertz CT molecular complexity index is 154. The van der Waals surface area contributed by atoms with Crippen LogP contribution < -0.4 is 5.32 Å². The summed E-state index contributed by atoms with van der Waals surface area (Å²) < 4.78 is 0. The maximum Gasteiger partial charge on any atom is 0.236 e. The van der Waals surface area contributed by atoms with E-state index in [4.69, 9.17) is 0 Å². The highest BCUT2D eigenvalue weighted by atomic mass is 16.2. The summed E-state index contributed by atoms with van der Waals surface area (Å²) in [5, 5.41) is 3.15. The predicted molar refractivity (Wildman–Crippen MR) is 39.7 cm³/mol. The van der Waals surface area contributed by atoms with Crippen LogP contribution in [0.1, 0.15) is 13.8 Å². The number of carbonyl (C=O) groups is 1. The lowest BCUT2D eigenvalue weighted by Crippen LogP contribution is -2.58. The third kappa shape index (κ3) is 1.48. The zero-order valence-corrected chi connectivity index (χ0v) is 6.77. The molecule has 1 saturated heterocycles. The minimum Gasteiger partial charge on any atom is -0.343 e. The van der Waals surface area contributed by atoms with Crippen molar-refractivity contribution in [1.82, 2.24) is 10.2 Å². The van der Waals surface area contributed by atoms with Gasteiger partial charge in [0.25, 0.3) is 0 Å². The van der Waals surface area contributed by atoms with Gasteiger partial charge in [0.15, 0.2) is 0 Å². The normalized spacial score (nSPS) is 25.1. The molecule has 1 heterocycles. The van der Waals surface area contributed by atoms with E-state index in [0.717, 1.165) is 6.54 Å². The fourth-order valence-electron chi connectivity index (χ4n) is 1.19. The van der Waals surface area contributed by atoms with Gasteiger partial charge in [0.1, 0.15) is 0 Å². The Labute approximate surface area is 61.4 Å². The molecule has 0 bridgehead atoms. The Morgan fingerprint density at radius 2 is 2.20 bits per heavy atom. The van der Waals surface area contributed by atoms with E-state index in [9.17, 15) is 4.79 Å². The molecule has 1 amide bonds. The summed E-state index contributed by atoms with van der Waals surface area (Å²) >= 11 is 0. The Balaban J connectivity index is 2.57. The van der Waals surface area contributed by atoms with Crippen LogP contribution in [0, 0.1) is 0 Å². The molecule has 0 spiro atoms. The van der Waals surface area contributed by atoms with Gasteiger partial charge in [-0.25, -0.2) is 0 Å². The molecular formula is C7H14N2O. The van der Waals surface area contributed by atoms with E-state index < -0.39 is 0 Å². The lowest BCUT2D eigenvalue weighted by molar-refractivity contribution is -0.132. The number of amides is 1. The van der Waals surface area contributed by atoms with E-state index >= 15 is 0 Å².